The van der Waals surface area contributed by atoms with Crippen molar-refractivity contribution >= 4 is 57.0 Å². The van der Waals surface area contributed by atoms with E-state index in [1.807, 2.05) is 19.1 Å². The first-order chi connectivity index (χ1) is 13.6. The molecule has 8 nitrogen and oxygen atoms in total. The zero-order valence-electron chi connectivity index (χ0n) is 15.2. The zero-order chi connectivity index (χ0) is 21.4. The van der Waals surface area contributed by atoms with Crippen molar-refractivity contribution in [3.05, 3.63) is 63.1 Å². The third-order valence-corrected chi connectivity index (χ3v) is 4.90. The number of aromatic nitrogens is 1. The molecule has 0 spiro atoms. The summed E-state index contributed by atoms with van der Waals surface area (Å²) in [7, 11) is -3.85. The Morgan fingerprint density at radius 1 is 1.21 bits per heavy atom. The molecule has 2 N–H and O–H groups in total. The fourth-order valence-corrected chi connectivity index (χ4v) is 3.10. The van der Waals surface area contributed by atoms with E-state index in [0.29, 0.717) is 10.6 Å². The van der Waals surface area contributed by atoms with Gasteiger partial charge >= 0.3 is 5.97 Å². The van der Waals surface area contributed by atoms with Crippen LogP contribution in [0.1, 0.15) is 11.1 Å². The van der Waals surface area contributed by atoms with E-state index in [4.69, 9.17) is 27.9 Å². The highest BCUT2D eigenvalue weighted by atomic mass is 35.5. The van der Waals surface area contributed by atoms with E-state index in [0.717, 1.165) is 11.0 Å². The van der Waals surface area contributed by atoms with E-state index in [1.165, 1.54) is 18.3 Å². The first kappa shape index (κ1) is 22.8. The number of benzene rings is 1. The monoisotopic (exact) mass is 457 g/mol. The van der Waals surface area contributed by atoms with Gasteiger partial charge in [-0.15, -0.1) is 0 Å². The number of halogens is 2. The van der Waals surface area contributed by atoms with E-state index >= 15 is 0 Å². The molecule has 0 radical (unpaired) electrons. The molecular weight excluding hydrogens is 441 g/mol. The van der Waals surface area contributed by atoms with Crippen molar-refractivity contribution in [2.24, 2.45) is 0 Å². The number of carbonyl (C=O) groups excluding carboxylic acids is 2. The van der Waals surface area contributed by atoms with Crippen molar-refractivity contribution in [3.63, 3.8) is 0 Å². The molecule has 0 unspecified atom stereocenters. The third kappa shape index (κ3) is 8.20. The summed E-state index contributed by atoms with van der Waals surface area (Å²) < 4.78 is 30.6. The number of nitrogens with zero attached hydrogens (tertiary/aromatic N) is 1. The van der Waals surface area contributed by atoms with Crippen molar-refractivity contribution in [1.82, 2.24) is 9.71 Å². The molecule has 29 heavy (non-hydrogen) atoms. The molecule has 0 aliphatic carbocycles. The molecule has 2 rings (SSSR count). The smallest absolute Gasteiger partial charge is 0.321 e. The number of amides is 1. The minimum absolute atomic E-state index is 0.0547. The first-order valence-electron chi connectivity index (χ1n) is 8.15. The molecule has 0 fully saturated rings. The number of anilines is 1. The average molecular weight is 458 g/mol. The lowest BCUT2D eigenvalue weighted by Gasteiger charge is -2.07. The Morgan fingerprint density at radius 2 is 1.90 bits per heavy atom. The zero-order valence-corrected chi connectivity index (χ0v) is 17.5. The lowest BCUT2D eigenvalue weighted by molar-refractivity contribution is -0.146. The highest BCUT2D eigenvalue weighted by Crippen LogP contribution is 2.22. The van der Waals surface area contributed by atoms with Gasteiger partial charge < -0.3 is 10.1 Å². The average Bonchev–Trinajstić information content (AvgIpc) is 2.67. The number of sulfonamides is 1. The summed E-state index contributed by atoms with van der Waals surface area (Å²) in [6.07, 6.45) is 2.68. The molecule has 1 amide bonds. The highest BCUT2D eigenvalue weighted by Gasteiger charge is 2.13. The molecule has 2 aromatic rings. The van der Waals surface area contributed by atoms with Crippen LogP contribution in [0.2, 0.25) is 10.0 Å². The molecule has 0 bridgehead atoms. The van der Waals surface area contributed by atoms with Crippen molar-refractivity contribution in [3.8, 4) is 0 Å². The summed E-state index contributed by atoms with van der Waals surface area (Å²) in [5, 5.41) is 3.69. The SMILES string of the molecule is Cc1ccc(/C=C/S(=O)(=O)NCC(=O)OCC(=O)Nc2ncc(Cl)cc2Cl)cc1. The molecule has 0 atom stereocenters. The second-order valence-electron chi connectivity index (χ2n) is 5.77. The highest BCUT2D eigenvalue weighted by molar-refractivity contribution is 7.92. The Kier molecular flexibility index (Phi) is 8.15. The van der Waals surface area contributed by atoms with Gasteiger partial charge in [-0.25, -0.2) is 18.1 Å². The molecule has 1 aromatic carbocycles. The van der Waals surface area contributed by atoms with Gasteiger partial charge in [0, 0.05) is 11.6 Å². The van der Waals surface area contributed by atoms with Gasteiger partial charge in [-0.05, 0) is 24.6 Å². The molecule has 11 heteroatoms. The number of carbonyl (C=O) groups is 2. The number of hydrogen-bond donors (Lipinski definition) is 2. The van der Waals surface area contributed by atoms with Crippen LogP contribution in [0.5, 0.6) is 0 Å². The molecule has 0 saturated heterocycles. The maximum atomic E-state index is 11.9. The Hall–Kier alpha value is -2.46. The Labute approximate surface area is 177 Å². The van der Waals surface area contributed by atoms with E-state index < -0.39 is 35.1 Å². The van der Waals surface area contributed by atoms with Crippen LogP contribution in [0.25, 0.3) is 6.08 Å². The largest absolute Gasteiger partial charge is 0.455 e. The van der Waals surface area contributed by atoms with Gasteiger partial charge in [0.2, 0.25) is 10.0 Å². The van der Waals surface area contributed by atoms with Gasteiger partial charge in [-0.1, -0.05) is 53.0 Å². The predicted octanol–water partition coefficient (Wildman–Crippen LogP) is 2.77. The number of aryl methyl sites for hydroxylation is 1. The summed E-state index contributed by atoms with van der Waals surface area (Å²) in [6, 6.07) is 8.59. The van der Waals surface area contributed by atoms with Crippen LogP contribution >= 0.6 is 23.2 Å². The van der Waals surface area contributed by atoms with Crippen LogP contribution in [0, 0.1) is 6.92 Å². The van der Waals surface area contributed by atoms with Crippen LogP contribution in [0.4, 0.5) is 5.82 Å². The second-order valence-corrected chi connectivity index (χ2v) is 8.27. The minimum atomic E-state index is -3.85. The Bertz CT molecular complexity index is 1020. The van der Waals surface area contributed by atoms with Gasteiger partial charge in [0.15, 0.2) is 12.4 Å². The van der Waals surface area contributed by atoms with E-state index in [-0.39, 0.29) is 10.8 Å². The van der Waals surface area contributed by atoms with Crippen LogP contribution in [-0.2, 0) is 24.3 Å². The molecule has 0 aliphatic heterocycles. The third-order valence-electron chi connectivity index (χ3n) is 3.36. The maximum Gasteiger partial charge on any atom is 0.321 e. The normalized spacial score (nSPS) is 11.4. The van der Waals surface area contributed by atoms with Crippen molar-refractivity contribution in [2.45, 2.75) is 6.92 Å². The molecule has 1 heterocycles. The van der Waals surface area contributed by atoms with Crippen molar-refractivity contribution < 1.29 is 22.7 Å². The standard InChI is InChI=1S/C18H17Cl2N3O5S/c1-12-2-4-13(5-3-12)6-7-29(26,27)22-10-17(25)28-11-16(24)23-18-15(20)8-14(19)9-21-18/h2-9,22H,10-11H2,1H3,(H,21,23,24)/b7-6+. The molecular formula is C18H17Cl2N3O5S. The van der Waals surface area contributed by atoms with E-state index in [1.54, 1.807) is 12.1 Å². The number of rotatable bonds is 8. The van der Waals surface area contributed by atoms with Gasteiger partial charge in [-0.3, -0.25) is 9.59 Å². The number of hydrogen-bond acceptors (Lipinski definition) is 6. The summed E-state index contributed by atoms with van der Waals surface area (Å²) in [6.45, 7) is 0.645. The van der Waals surface area contributed by atoms with Crippen molar-refractivity contribution in [1.29, 1.82) is 0 Å². The van der Waals surface area contributed by atoms with E-state index in [9.17, 15) is 18.0 Å². The van der Waals surface area contributed by atoms with Crippen molar-refractivity contribution in [2.75, 3.05) is 18.5 Å². The summed E-state index contributed by atoms with van der Waals surface area (Å²) in [4.78, 5) is 27.3. The molecule has 0 saturated carbocycles. The quantitative estimate of drug-likeness (QED) is 0.588. The fraction of sp³-hybridized carbons (Fsp3) is 0.167. The lowest BCUT2D eigenvalue weighted by atomic mass is 10.2. The van der Waals surface area contributed by atoms with Gasteiger partial charge in [-0.2, -0.15) is 0 Å². The van der Waals surface area contributed by atoms with Crippen LogP contribution in [0.15, 0.2) is 41.9 Å². The topological polar surface area (TPSA) is 114 Å². The predicted molar refractivity (Wildman–Crippen MR) is 111 cm³/mol. The number of pyridine rings is 1. The maximum absolute atomic E-state index is 11.9. The summed E-state index contributed by atoms with van der Waals surface area (Å²) in [5.74, 6) is -1.57. The second kappa shape index (κ2) is 10.4. The van der Waals surface area contributed by atoms with Gasteiger partial charge in [0.1, 0.15) is 6.54 Å². The molecule has 154 valence electrons. The number of nitrogens with one attached hydrogen (secondary N) is 2. The fourth-order valence-electron chi connectivity index (χ4n) is 1.93. The van der Waals surface area contributed by atoms with Gasteiger partial charge in [0.05, 0.1) is 10.0 Å². The first-order valence-corrected chi connectivity index (χ1v) is 10.5. The Balaban J connectivity index is 1.78. The minimum Gasteiger partial charge on any atom is -0.455 e. The van der Waals surface area contributed by atoms with Crippen LogP contribution < -0.4 is 10.0 Å². The van der Waals surface area contributed by atoms with Crippen LogP contribution in [-0.4, -0.2) is 38.4 Å². The van der Waals surface area contributed by atoms with Crippen LogP contribution in [0.3, 0.4) is 0 Å². The number of esters is 1. The Morgan fingerprint density at radius 3 is 2.55 bits per heavy atom. The molecule has 1 aromatic heterocycles. The number of ether oxygens (including phenoxy) is 1. The van der Waals surface area contributed by atoms with Gasteiger partial charge in [0.25, 0.3) is 5.91 Å². The summed E-state index contributed by atoms with van der Waals surface area (Å²) >= 11 is 11.6. The van der Waals surface area contributed by atoms with E-state index in [2.05, 4.69) is 15.0 Å². The summed E-state index contributed by atoms with van der Waals surface area (Å²) in [5.41, 5.74) is 1.73. The molecule has 0 aliphatic rings. The lowest BCUT2D eigenvalue weighted by Crippen LogP contribution is -2.31.